The Morgan fingerprint density at radius 3 is 1.51 bits per heavy atom. The van der Waals surface area contributed by atoms with Gasteiger partial charge in [-0.05, 0) is 61.7 Å². The van der Waals surface area contributed by atoms with Crippen LogP contribution in [0.5, 0.6) is 11.5 Å². The van der Waals surface area contributed by atoms with Gasteiger partial charge in [0, 0.05) is 11.3 Å². The zero-order chi connectivity index (χ0) is 32.5. The minimum atomic E-state index is -0.999. The van der Waals surface area contributed by atoms with Crippen LogP contribution in [0.3, 0.4) is 0 Å². The molecule has 2 aromatic rings. The van der Waals surface area contributed by atoms with Crippen molar-refractivity contribution < 1.29 is 24.2 Å². The molecule has 0 spiro atoms. The van der Waals surface area contributed by atoms with Crippen LogP contribution in [-0.4, -0.2) is 30.2 Å². The Labute approximate surface area is 273 Å². The number of carboxylic acids is 1. The van der Waals surface area contributed by atoms with Crippen molar-refractivity contribution in [1.82, 2.24) is 0 Å². The minimum absolute atomic E-state index is 0.176. The number of carbonyl (C=O) groups is 2. The monoisotopic (exact) mass is 623 g/mol. The van der Waals surface area contributed by atoms with Crippen molar-refractivity contribution >= 4 is 17.6 Å². The third kappa shape index (κ3) is 16.7. The standard InChI is InChI=1S/C39H61NO5/c1-4-6-8-10-12-14-16-18-20-22-28-44-36-31-34(38(41)40-35-26-24-33(25-27-35)39(42)43)30-32(3)37(36)45-29-23-21-19-17-15-13-11-9-7-5-2/h24-27,30-31H,4-23,28-29H2,1-3H3,(H,40,41)(H,42,43). The van der Waals surface area contributed by atoms with E-state index in [1.165, 1.54) is 115 Å². The molecule has 0 aliphatic carbocycles. The number of benzene rings is 2. The number of rotatable bonds is 27. The second-order valence-corrected chi connectivity index (χ2v) is 12.5. The predicted molar refractivity (Wildman–Crippen MR) is 187 cm³/mol. The normalized spacial score (nSPS) is 11.0. The van der Waals surface area contributed by atoms with Crippen LogP contribution in [0.4, 0.5) is 5.69 Å². The quantitative estimate of drug-likeness (QED) is 0.0967. The average Bonchev–Trinajstić information content (AvgIpc) is 3.03. The van der Waals surface area contributed by atoms with Crippen LogP contribution in [0.15, 0.2) is 36.4 Å². The molecule has 45 heavy (non-hydrogen) atoms. The molecule has 0 radical (unpaired) electrons. The Kier molecular flexibility index (Phi) is 20.6. The molecule has 0 fully saturated rings. The SMILES string of the molecule is CCCCCCCCCCCCOc1cc(C(=O)Nc2ccc(C(=O)O)cc2)cc(C)c1OCCCCCCCCCCCC. The maximum absolute atomic E-state index is 13.1. The van der Waals surface area contributed by atoms with E-state index in [4.69, 9.17) is 14.6 Å². The number of carboxylic acid groups (broad SMARTS) is 1. The zero-order valence-corrected chi connectivity index (χ0v) is 28.6. The van der Waals surface area contributed by atoms with Crippen LogP contribution in [0.25, 0.3) is 0 Å². The highest BCUT2D eigenvalue weighted by Crippen LogP contribution is 2.34. The number of aryl methyl sites for hydroxylation is 1. The van der Waals surface area contributed by atoms with Gasteiger partial charge in [0.1, 0.15) is 0 Å². The van der Waals surface area contributed by atoms with Gasteiger partial charge in [0.05, 0.1) is 18.8 Å². The minimum Gasteiger partial charge on any atom is -0.490 e. The number of ether oxygens (including phenoxy) is 2. The van der Waals surface area contributed by atoms with Gasteiger partial charge in [-0.3, -0.25) is 4.79 Å². The summed E-state index contributed by atoms with van der Waals surface area (Å²) >= 11 is 0. The molecule has 1 amide bonds. The smallest absolute Gasteiger partial charge is 0.335 e. The molecular formula is C39H61NO5. The maximum Gasteiger partial charge on any atom is 0.335 e. The first-order valence-corrected chi connectivity index (χ1v) is 18.0. The maximum atomic E-state index is 13.1. The lowest BCUT2D eigenvalue weighted by molar-refractivity contribution is 0.0696. The van der Waals surface area contributed by atoms with Crippen LogP contribution < -0.4 is 14.8 Å². The summed E-state index contributed by atoms with van der Waals surface area (Å²) in [7, 11) is 0. The molecule has 6 nitrogen and oxygen atoms in total. The Bertz CT molecular complexity index is 1080. The number of aromatic carboxylic acids is 1. The van der Waals surface area contributed by atoms with Crippen molar-refractivity contribution in [3.05, 3.63) is 53.1 Å². The number of amides is 1. The predicted octanol–water partition coefficient (Wildman–Crippen LogP) is 11.5. The van der Waals surface area contributed by atoms with E-state index in [0.717, 1.165) is 37.0 Å². The second-order valence-electron chi connectivity index (χ2n) is 12.5. The molecule has 0 atom stereocenters. The molecule has 0 aromatic heterocycles. The van der Waals surface area contributed by atoms with Crippen LogP contribution >= 0.6 is 0 Å². The summed E-state index contributed by atoms with van der Waals surface area (Å²) in [6, 6.07) is 9.77. The van der Waals surface area contributed by atoms with Crippen LogP contribution in [0.2, 0.25) is 0 Å². The lowest BCUT2D eigenvalue weighted by Gasteiger charge is -2.17. The first-order valence-electron chi connectivity index (χ1n) is 18.0. The molecule has 0 saturated carbocycles. The highest BCUT2D eigenvalue weighted by Gasteiger charge is 2.16. The van der Waals surface area contributed by atoms with Crippen molar-refractivity contribution in [1.29, 1.82) is 0 Å². The van der Waals surface area contributed by atoms with Gasteiger partial charge in [-0.2, -0.15) is 0 Å². The van der Waals surface area contributed by atoms with E-state index in [-0.39, 0.29) is 11.5 Å². The molecule has 0 unspecified atom stereocenters. The fourth-order valence-electron chi connectivity index (χ4n) is 5.60. The zero-order valence-electron chi connectivity index (χ0n) is 28.6. The van der Waals surface area contributed by atoms with E-state index in [0.29, 0.717) is 30.2 Å². The van der Waals surface area contributed by atoms with E-state index >= 15 is 0 Å². The van der Waals surface area contributed by atoms with E-state index in [9.17, 15) is 9.59 Å². The van der Waals surface area contributed by atoms with Crippen molar-refractivity contribution in [2.24, 2.45) is 0 Å². The number of hydrogen-bond acceptors (Lipinski definition) is 4. The van der Waals surface area contributed by atoms with Gasteiger partial charge in [0.2, 0.25) is 0 Å². The van der Waals surface area contributed by atoms with Gasteiger partial charge in [-0.1, -0.05) is 129 Å². The lowest BCUT2D eigenvalue weighted by Crippen LogP contribution is -2.13. The van der Waals surface area contributed by atoms with Gasteiger partial charge >= 0.3 is 5.97 Å². The second kappa shape index (κ2) is 24.2. The Morgan fingerprint density at radius 1 is 0.600 bits per heavy atom. The number of unbranched alkanes of at least 4 members (excludes halogenated alkanes) is 18. The van der Waals surface area contributed by atoms with Gasteiger partial charge in [-0.15, -0.1) is 0 Å². The first kappa shape index (κ1) is 38.2. The molecule has 2 N–H and O–H groups in total. The first-order chi connectivity index (χ1) is 22.0. The summed E-state index contributed by atoms with van der Waals surface area (Å²) in [6.45, 7) is 7.70. The third-order valence-corrected chi connectivity index (χ3v) is 8.39. The summed E-state index contributed by atoms with van der Waals surface area (Å²) in [6.07, 6.45) is 25.4. The lowest BCUT2D eigenvalue weighted by atomic mass is 10.1. The molecule has 2 aromatic carbocycles. The number of carbonyl (C=O) groups excluding carboxylic acids is 1. The number of hydrogen-bond donors (Lipinski definition) is 2. The van der Waals surface area contributed by atoms with Gasteiger partial charge in [0.15, 0.2) is 11.5 Å². The molecule has 2 rings (SSSR count). The van der Waals surface area contributed by atoms with E-state index in [1.807, 2.05) is 13.0 Å². The average molecular weight is 624 g/mol. The van der Waals surface area contributed by atoms with E-state index in [2.05, 4.69) is 19.2 Å². The Hall–Kier alpha value is -3.02. The molecule has 0 aliphatic rings. The summed E-state index contributed by atoms with van der Waals surface area (Å²) in [5.41, 5.74) is 2.07. The van der Waals surface area contributed by atoms with Crippen molar-refractivity contribution in [3.63, 3.8) is 0 Å². The van der Waals surface area contributed by atoms with Crippen molar-refractivity contribution in [2.75, 3.05) is 18.5 Å². The topological polar surface area (TPSA) is 84.9 Å². The van der Waals surface area contributed by atoms with Crippen molar-refractivity contribution in [3.8, 4) is 11.5 Å². The highest BCUT2D eigenvalue weighted by molar-refractivity contribution is 6.05. The molecule has 6 heteroatoms. The number of anilines is 1. The third-order valence-electron chi connectivity index (χ3n) is 8.39. The molecule has 0 heterocycles. The van der Waals surface area contributed by atoms with Crippen LogP contribution in [0.1, 0.15) is 169 Å². The van der Waals surface area contributed by atoms with Crippen LogP contribution in [-0.2, 0) is 0 Å². The van der Waals surface area contributed by atoms with E-state index in [1.54, 1.807) is 18.2 Å². The van der Waals surface area contributed by atoms with Crippen LogP contribution in [0, 0.1) is 6.92 Å². The largest absolute Gasteiger partial charge is 0.490 e. The van der Waals surface area contributed by atoms with E-state index < -0.39 is 5.97 Å². The van der Waals surface area contributed by atoms with Gasteiger partial charge in [-0.25, -0.2) is 4.79 Å². The highest BCUT2D eigenvalue weighted by atomic mass is 16.5. The summed E-state index contributed by atoms with van der Waals surface area (Å²) in [5.74, 6) is 0.0667. The summed E-state index contributed by atoms with van der Waals surface area (Å²) < 4.78 is 12.5. The van der Waals surface area contributed by atoms with Crippen molar-refractivity contribution in [2.45, 2.75) is 149 Å². The van der Waals surface area contributed by atoms with Gasteiger partial charge < -0.3 is 19.9 Å². The Balaban J connectivity index is 1.89. The Morgan fingerprint density at radius 2 is 1.04 bits per heavy atom. The molecule has 0 saturated heterocycles. The fraction of sp³-hybridized carbons (Fsp3) is 0.641. The number of nitrogens with one attached hydrogen (secondary N) is 1. The van der Waals surface area contributed by atoms with Gasteiger partial charge in [0.25, 0.3) is 5.91 Å². The fourth-order valence-corrected chi connectivity index (χ4v) is 5.60. The molecular weight excluding hydrogens is 562 g/mol. The summed E-state index contributed by atoms with van der Waals surface area (Å²) in [4.78, 5) is 24.3. The molecule has 0 bridgehead atoms. The summed E-state index contributed by atoms with van der Waals surface area (Å²) in [5, 5.41) is 12.0. The molecule has 0 aliphatic heterocycles. The molecule has 252 valence electrons.